The molecule has 2 rings (SSSR count). The van der Waals surface area contributed by atoms with Gasteiger partial charge in [0.15, 0.2) is 5.16 Å². The Morgan fingerprint density at radius 2 is 2.14 bits per heavy atom. The number of methoxy groups -OCH3 is 1. The van der Waals surface area contributed by atoms with Crippen molar-refractivity contribution in [2.45, 2.75) is 25.2 Å². The maximum Gasteiger partial charge on any atom is 0.230 e. The summed E-state index contributed by atoms with van der Waals surface area (Å²) in [6, 6.07) is 7.65. The molecule has 0 aliphatic rings. The molecule has 5 nitrogen and oxygen atoms in total. The summed E-state index contributed by atoms with van der Waals surface area (Å²) in [6.45, 7) is 3.43. The number of ether oxygens (including phenoxy) is 1. The van der Waals surface area contributed by atoms with Gasteiger partial charge in [0.05, 0.1) is 12.9 Å². The highest BCUT2D eigenvalue weighted by atomic mass is 32.2. The Hall–Kier alpha value is -1.95. The average molecular weight is 305 g/mol. The maximum atomic E-state index is 11.8. The van der Waals surface area contributed by atoms with Crippen molar-refractivity contribution in [2.75, 3.05) is 12.9 Å². The van der Waals surface area contributed by atoms with Crippen molar-refractivity contribution >= 4 is 17.7 Å². The highest BCUT2D eigenvalue weighted by Gasteiger charge is 2.06. The SMILES string of the molecule is CCn1ccnc1SCC(=O)NCc1ccc(OC)cc1. The van der Waals surface area contributed by atoms with Crippen LogP contribution in [0.3, 0.4) is 0 Å². The molecule has 6 heteroatoms. The van der Waals surface area contributed by atoms with Gasteiger partial charge in [-0.1, -0.05) is 23.9 Å². The van der Waals surface area contributed by atoms with Gasteiger partial charge in [0, 0.05) is 25.5 Å². The fourth-order valence-electron chi connectivity index (χ4n) is 1.80. The minimum atomic E-state index is 0.00136. The normalized spacial score (nSPS) is 10.4. The highest BCUT2D eigenvalue weighted by Crippen LogP contribution is 2.15. The number of aryl methyl sites for hydroxylation is 1. The van der Waals surface area contributed by atoms with Crippen LogP contribution in [0.4, 0.5) is 0 Å². The first-order chi connectivity index (χ1) is 10.2. The molecule has 0 spiro atoms. The van der Waals surface area contributed by atoms with E-state index in [-0.39, 0.29) is 5.91 Å². The van der Waals surface area contributed by atoms with Gasteiger partial charge in [-0.05, 0) is 24.6 Å². The third kappa shape index (κ3) is 4.53. The standard InChI is InChI=1S/C15H19N3O2S/c1-3-18-9-8-16-15(18)21-11-14(19)17-10-12-4-6-13(20-2)7-5-12/h4-9H,3,10-11H2,1-2H3,(H,17,19). The number of carbonyl (C=O) groups is 1. The van der Waals surface area contributed by atoms with E-state index in [0.717, 1.165) is 23.0 Å². The molecule has 0 saturated carbocycles. The molecule has 0 unspecified atom stereocenters. The Labute approximate surface area is 128 Å². The summed E-state index contributed by atoms with van der Waals surface area (Å²) >= 11 is 1.45. The molecule has 1 heterocycles. The molecule has 0 atom stereocenters. The van der Waals surface area contributed by atoms with Crippen LogP contribution in [0.25, 0.3) is 0 Å². The fraction of sp³-hybridized carbons (Fsp3) is 0.333. The summed E-state index contributed by atoms with van der Waals surface area (Å²) in [5.41, 5.74) is 1.05. The van der Waals surface area contributed by atoms with Crippen molar-refractivity contribution in [3.8, 4) is 5.75 Å². The monoisotopic (exact) mass is 305 g/mol. The first-order valence-corrected chi connectivity index (χ1v) is 7.75. The van der Waals surface area contributed by atoms with E-state index in [1.165, 1.54) is 11.8 Å². The Kier molecular flexibility index (Phi) is 5.68. The van der Waals surface area contributed by atoms with Crippen LogP contribution in [0.15, 0.2) is 41.8 Å². The molecule has 0 bridgehead atoms. The molecule has 1 aromatic heterocycles. The number of imidazole rings is 1. The minimum Gasteiger partial charge on any atom is -0.497 e. The summed E-state index contributed by atoms with van der Waals surface area (Å²) in [7, 11) is 1.63. The molecule has 1 N–H and O–H groups in total. The number of nitrogens with one attached hydrogen (secondary N) is 1. The number of benzene rings is 1. The quantitative estimate of drug-likeness (QED) is 0.798. The van der Waals surface area contributed by atoms with E-state index >= 15 is 0 Å². The van der Waals surface area contributed by atoms with Crippen molar-refractivity contribution < 1.29 is 9.53 Å². The molecule has 0 fully saturated rings. The van der Waals surface area contributed by atoms with Crippen LogP contribution < -0.4 is 10.1 Å². The molecular weight excluding hydrogens is 286 g/mol. The third-order valence-corrected chi connectivity index (χ3v) is 4.00. The third-order valence-electron chi connectivity index (χ3n) is 3.00. The number of amides is 1. The van der Waals surface area contributed by atoms with Crippen molar-refractivity contribution in [1.82, 2.24) is 14.9 Å². The van der Waals surface area contributed by atoms with Crippen LogP contribution in [-0.4, -0.2) is 28.3 Å². The lowest BCUT2D eigenvalue weighted by molar-refractivity contribution is -0.118. The van der Waals surface area contributed by atoms with E-state index in [0.29, 0.717) is 12.3 Å². The Morgan fingerprint density at radius 3 is 2.81 bits per heavy atom. The molecule has 0 saturated heterocycles. The summed E-state index contributed by atoms with van der Waals surface area (Å²) < 4.78 is 7.11. The van der Waals surface area contributed by atoms with Crippen LogP contribution in [-0.2, 0) is 17.9 Å². The van der Waals surface area contributed by atoms with Gasteiger partial charge in [-0.2, -0.15) is 0 Å². The van der Waals surface area contributed by atoms with Crippen LogP contribution in [0.1, 0.15) is 12.5 Å². The van der Waals surface area contributed by atoms with Gasteiger partial charge in [-0.3, -0.25) is 4.79 Å². The van der Waals surface area contributed by atoms with Gasteiger partial charge in [-0.15, -0.1) is 0 Å². The smallest absolute Gasteiger partial charge is 0.230 e. The molecule has 0 aliphatic carbocycles. The number of carbonyl (C=O) groups excluding carboxylic acids is 1. The molecule has 21 heavy (non-hydrogen) atoms. The van der Waals surface area contributed by atoms with Crippen molar-refractivity contribution in [3.05, 3.63) is 42.2 Å². The number of hydrogen-bond donors (Lipinski definition) is 1. The number of nitrogens with zero attached hydrogens (tertiary/aromatic N) is 2. The molecule has 0 radical (unpaired) electrons. The molecule has 2 aromatic rings. The Balaban J connectivity index is 1.76. The predicted molar refractivity (Wildman–Crippen MR) is 83.5 cm³/mol. The van der Waals surface area contributed by atoms with Crippen LogP contribution >= 0.6 is 11.8 Å². The van der Waals surface area contributed by atoms with Crippen LogP contribution in [0.5, 0.6) is 5.75 Å². The summed E-state index contributed by atoms with van der Waals surface area (Å²) in [4.78, 5) is 16.1. The first kappa shape index (κ1) is 15.4. The summed E-state index contributed by atoms with van der Waals surface area (Å²) in [6.07, 6.45) is 3.67. The number of thioether (sulfide) groups is 1. The lowest BCUT2D eigenvalue weighted by Gasteiger charge is -2.07. The topological polar surface area (TPSA) is 56.2 Å². The van der Waals surface area contributed by atoms with Crippen molar-refractivity contribution in [3.63, 3.8) is 0 Å². The largest absolute Gasteiger partial charge is 0.497 e. The fourth-order valence-corrected chi connectivity index (χ4v) is 2.65. The second-order valence-electron chi connectivity index (χ2n) is 4.41. The van der Waals surface area contributed by atoms with Crippen LogP contribution in [0.2, 0.25) is 0 Å². The van der Waals surface area contributed by atoms with Gasteiger partial charge >= 0.3 is 0 Å². The Bertz CT molecular complexity index is 581. The van der Waals surface area contributed by atoms with Gasteiger partial charge in [0.2, 0.25) is 5.91 Å². The molecule has 1 aromatic carbocycles. The number of aromatic nitrogens is 2. The molecule has 0 aliphatic heterocycles. The van der Waals surface area contributed by atoms with Crippen molar-refractivity contribution in [2.24, 2.45) is 0 Å². The van der Waals surface area contributed by atoms with E-state index in [1.54, 1.807) is 13.3 Å². The van der Waals surface area contributed by atoms with Gasteiger partial charge < -0.3 is 14.6 Å². The number of hydrogen-bond acceptors (Lipinski definition) is 4. The van der Waals surface area contributed by atoms with E-state index in [4.69, 9.17) is 4.74 Å². The Morgan fingerprint density at radius 1 is 1.38 bits per heavy atom. The highest BCUT2D eigenvalue weighted by molar-refractivity contribution is 7.99. The van der Waals surface area contributed by atoms with Gasteiger partial charge in [-0.25, -0.2) is 4.98 Å². The molecular formula is C15H19N3O2S. The summed E-state index contributed by atoms with van der Waals surface area (Å²) in [5.74, 6) is 1.18. The average Bonchev–Trinajstić information content (AvgIpc) is 2.99. The molecule has 1 amide bonds. The van der Waals surface area contributed by atoms with Crippen molar-refractivity contribution in [1.29, 1.82) is 0 Å². The van der Waals surface area contributed by atoms with E-state index in [9.17, 15) is 4.79 Å². The van der Waals surface area contributed by atoms with E-state index < -0.39 is 0 Å². The lowest BCUT2D eigenvalue weighted by Crippen LogP contribution is -2.24. The maximum absolute atomic E-state index is 11.8. The summed E-state index contributed by atoms with van der Waals surface area (Å²) in [5, 5.41) is 3.77. The zero-order chi connectivity index (χ0) is 15.1. The second kappa shape index (κ2) is 7.73. The molecule has 112 valence electrons. The van der Waals surface area contributed by atoms with Gasteiger partial charge in [0.1, 0.15) is 5.75 Å². The van der Waals surface area contributed by atoms with E-state index in [2.05, 4.69) is 17.2 Å². The number of rotatable bonds is 7. The van der Waals surface area contributed by atoms with Crippen LogP contribution in [0, 0.1) is 0 Å². The van der Waals surface area contributed by atoms with E-state index in [1.807, 2.05) is 35.0 Å². The minimum absolute atomic E-state index is 0.00136. The predicted octanol–water partition coefficient (Wildman–Crippen LogP) is 2.32. The lowest BCUT2D eigenvalue weighted by atomic mass is 10.2. The first-order valence-electron chi connectivity index (χ1n) is 6.76. The zero-order valence-electron chi connectivity index (χ0n) is 12.2. The zero-order valence-corrected chi connectivity index (χ0v) is 13.0. The van der Waals surface area contributed by atoms with Gasteiger partial charge in [0.25, 0.3) is 0 Å². The second-order valence-corrected chi connectivity index (χ2v) is 5.35.